The predicted molar refractivity (Wildman–Crippen MR) is 174 cm³/mol. The predicted octanol–water partition coefficient (Wildman–Crippen LogP) is 4.73. The van der Waals surface area contributed by atoms with E-state index in [0.29, 0.717) is 24.8 Å². The van der Waals surface area contributed by atoms with Crippen molar-refractivity contribution in [3.63, 3.8) is 0 Å². The monoisotopic (exact) mass is 658 g/mol. The minimum atomic E-state index is -1.68. The molecule has 10 nitrogen and oxygen atoms in total. The van der Waals surface area contributed by atoms with Crippen LogP contribution in [0.5, 0.6) is 0 Å². The van der Waals surface area contributed by atoms with Gasteiger partial charge in [0.2, 0.25) is 5.79 Å². The number of ether oxygens (including phenoxy) is 6. The van der Waals surface area contributed by atoms with Crippen LogP contribution < -0.4 is 0 Å². The smallest absolute Gasteiger partial charge is 0.316 e. The molecule has 47 heavy (non-hydrogen) atoms. The first-order valence-electron chi connectivity index (χ1n) is 17.3. The maximum absolute atomic E-state index is 14.2. The molecule has 5 aliphatic rings. The van der Waals surface area contributed by atoms with Crippen LogP contribution in [0.3, 0.4) is 0 Å². The van der Waals surface area contributed by atoms with Gasteiger partial charge >= 0.3 is 11.9 Å². The van der Waals surface area contributed by atoms with Crippen LogP contribution in [-0.2, 0) is 38.0 Å². The molecular weight excluding hydrogens is 604 g/mol. The largest absolute Gasteiger partial charge is 0.462 e. The van der Waals surface area contributed by atoms with Crippen molar-refractivity contribution in [3.8, 4) is 0 Å². The van der Waals surface area contributed by atoms with Crippen LogP contribution in [0.25, 0.3) is 0 Å². The van der Waals surface area contributed by atoms with Gasteiger partial charge < -0.3 is 38.6 Å². The lowest BCUT2D eigenvalue weighted by Crippen LogP contribution is -2.67. The third-order valence-corrected chi connectivity index (χ3v) is 11.0. The maximum Gasteiger partial charge on any atom is 0.316 e. The van der Waals surface area contributed by atoms with Crippen molar-refractivity contribution >= 4 is 11.9 Å². The Kier molecular flexibility index (Phi) is 10.9. The molecule has 3 saturated heterocycles. The van der Waals surface area contributed by atoms with Crippen molar-refractivity contribution in [2.45, 2.75) is 135 Å². The number of carbonyl (C=O) groups excluding carboxylic acids is 2. The molecule has 0 amide bonds. The second kappa shape index (κ2) is 14.3. The summed E-state index contributed by atoms with van der Waals surface area (Å²) in [4.78, 5) is 27.1. The second-order valence-corrected chi connectivity index (χ2v) is 14.5. The summed E-state index contributed by atoms with van der Waals surface area (Å²) < 4.78 is 37.1. The number of aliphatic hydroxyl groups is 2. The Morgan fingerprint density at radius 3 is 2.62 bits per heavy atom. The van der Waals surface area contributed by atoms with Crippen LogP contribution in [0, 0.1) is 23.7 Å². The van der Waals surface area contributed by atoms with E-state index >= 15 is 0 Å². The van der Waals surface area contributed by atoms with E-state index < -0.39 is 66.0 Å². The fourth-order valence-electron chi connectivity index (χ4n) is 7.81. The van der Waals surface area contributed by atoms with Crippen LogP contribution in [0.2, 0.25) is 0 Å². The van der Waals surface area contributed by atoms with Gasteiger partial charge in [-0.1, -0.05) is 63.6 Å². The van der Waals surface area contributed by atoms with Crippen LogP contribution in [0.1, 0.15) is 80.6 Å². The van der Waals surface area contributed by atoms with E-state index in [1.807, 2.05) is 39.8 Å². The Bertz CT molecular complexity index is 1300. The Morgan fingerprint density at radius 1 is 1.17 bits per heavy atom. The molecule has 13 atom stereocenters. The summed E-state index contributed by atoms with van der Waals surface area (Å²) in [5.41, 5.74) is 0.842. The zero-order chi connectivity index (χ0) is 34.3. The summed E-state index contributed by atoms with van der Waals surface area (Å²) in [5, 5.41) is 24.3. The lowest BCUT2D eigenvalue weighted by atomic mass is 9.70. The number of hydrogen-bond donors (Lipinski definition) is 2. The lowest BCUT2D eigenvalue weighted by Gasteiger charge is -2.53. The highest BCUT2D eigenvalue weighted by atomic mass is 16.7. The Labute approximate surface area is 279 Å². The number of fused-ring (bicyclic) bond motifs is 2. The minimum Gasteiger partial charge on any atom is -0.462 e. The fraction of sp³-hybridized carbons (Fsp3) is 0.730. The molecule has 1 spiro atoms. The fourth-order valence-corrected chi connectivity index (χ4v) is 7.81. The second-order valence-electron chi connectivity index (χ2n) is 14.5. The van der Waals surface area contributed by atoms with Gasteiger partial charge in [-0.2, -0.15) is 0 Å². The van der Waals surface area contributed by atoms with Gasteiger partial charge in [-0.15, -0.1) is 0 Å². The zero-order valence-electron chi connectivity index (χ0n) is 29.1. The molecule has 2 N–H and O–H groups in total. The topological polar surface area (TPSA) is 130 Å². The van der Waals surface area contributed by atoms with Gasteiger partial charge in [0, 0.05) is 25.9 Å². The van der Waals surface area contributed by atoms with Crippen molar-refractivity contribution in [1.29, 1.82) is 0 Å². The van der Waals surface area contributed by atoms with Gasteiger partial charge in [0.1, 0.15) is 42.0 Å². The van der Waals surface area contributed by atoms with Crippen LogP contribution in [0.15, 0.2) is 47.1 Å². The normalized spacial score (nSPS) is 46.2. The molecule has 4 heterocycles. The lowest BCUT2D eigenvalue weighted by molar-refractivity contribution is -0.383. The molecule has 0 saturated carbocycles. The summed E-state index contributed by atoms with van der Waals surface area (Å²) >= 11 is 0. The van der Waals surface area contributed by atoms with E-state index in [1.165, 1.54) is 5.57 Å². The van der Waals surface area contributed by atoms with Crippen LogP contribution in [-0.4, -0.2) is 90.0 Å². The van der Waals surface area contributed by atoms with Gasteiger partial charge in [-0.05, 0) is 57.1 Å². The first-order valence-corrected chi connectivity index (χ1v) is 17.3. The Morgan fingerprint density at radius 2 is 1.91 bits per heavy atom. The molecule has 2 bridgehead atoms. The first kappa shape index (κ1) is 36.0. The number of carbonyl (C=O) groups is 2. The number of allylic oxidation sites excluding steroid dienone is 4. The third kappa shape index (κ3) is 6.92. The van der Waals surface area contributed by atoms with Crippen molar-refractivity contribution in [2.24, 2.45) is 23.7 Å². The molecule has 0 radical (unpaired) electrons. The van der Waals surface area contributed by atoms with Crippen LogP contribution in [0.4, 0.5) is 0 Å². The highest BCUT2D eigenvalue weighted by Gasteiger charge is 2.62. The quantitative estimate of drug-likeness (QED) is 0.323. The highest BCUT2D eigenvalue weighted by molar-refractivity contribution is 5.78. The number of hydrogen-bond acceptors (Lipinski definition) is 10. The number of rotatable bonds is 4. The SMILES string of the molecule is CCC(C)C(=O)OC1C(O)[C@]2(C[C@@H]3C[C@@H](C/C=C(\C)C[C@@H](C)/C=C/C=C4\CO[C@@H]5[C@H](OC)C(C)=C[C@@H](C(=O)O3)[C@]45O)O2)O[C@H](C)[C@H]1C. The van der Waals surface area contributed by atoms with Crippen molar-refractivity contribution in [3.05, 3.63) is 47.1 Å². The zero-order valence-corrected chi connectivity index (χ0v) is 29.1. The van der Waals surface area contributed by atoms with E-state index in [2.05, 4.69) is 26.0 Å². The number of esters is 2. The summed E-state index contributed by atoms with van der Waals surface area (Å²) in [6.45, 7) is 13.7. The molecule has 262 valence electrons. The highest BCUT2D eigenvalue weighted by Crippen LogP contribution is 2.48. The van der Waals surface area contributed by atoms with Gasteiger partial charge in [0.25, 0.3) is 0 Å². The first-order chi connectivity index (χ1) is 22.2. The maximum atomic E-state index is 14.2. The Hall–Kier alpha value is -2.34. The molecule has 10 heteroatoms. The number of methoxy groups -OCH3 is 1. The molecule has 0 aromatic rings. The molecule has 3 unspecified atom stereocenters. The average Bonchev–Trinajstić information content (AvgIpc) is 3.36. The summed E-state index contributed by atoms with van der Waals surface area (Å²) in [7, 11) is 1.56. The molecule has 5 rings (SSSR count). The molecule has 1 aliphatic carbocycles. The summed E-state index contributed by atoms with van der Waals surface area (Å²) in [6, 6.07) is 0. The molecule has 0 aromatic carbocycles. The average molecular weight is 659 g/mol. The molecule has 0 aromatic heterocycles. The van der Waals surface area contributed by atoms with E-state index in [-0.39, 0.29) is 36.8 Å². The van der Waals surface area contributed by atoms with E-state index in [4.69, 9.17) is 28.4 Å². The van der Waals surface area contributed by atoms with Gasteiger partial charge in [0.15, 0.2) is 0 Å². The van der Waals surface area contributed by atoms with Crippen molar-refractivity contribution < 1.29 is 48.2 Å². The van der Waals surface area contributed by atoms with Gasteiger partial charge in [-0.3, -0.25) is 9.59 Å². The molecule has 4 aliphatic heterocycles. The molecule has 3 fully saturated rings. The van der Waals surface area contributed by atoms with E-state index in [0.717, 1.165) is 12.0 Å². The van der Waals surface area contributed by atoms with E-state index in [9.17, 15) is 19.8 Å². The van der Waals surface area contributed by atoms with Crippen LogP contribution >= 0.6 is 0 Å². The molecular formula is C37H54O10. The van der Waals surface area contributed by atoms with Gasteiger partial charge in [-0.25, -0.2) is 0 Å². The van der Waals surface area contributed by atoms with E-state index in [1.54, 1.807) is 20.1 Å². The third-order valence-electron chi connectivity index (χ3n) is 11.0. The Balaban J connectivity index is 1.53. The summed E-state index contributed by atoms with van der Waals surface area (Å²) in [5.74, 6) is -4.04. The minimum absolute atomic E-state index is 0.0322. The van der Waals surface area contributed by atoms with Crippen molar-refractivity contribution in [2.75, 3.05) is 13.7 Å². The van der Waals surface area contributed by atoms with Crippen molar-refractivity contribution in [1.82, 2.24) is 0 Å². The standard InChI is InChI=1S/C37H54O10/c1-9-22(4)34(39)45-31-24(6)25(7)46-36(32(31)38)18-28-17-27(47-36)14-13-21(3)15-20(2)11-10-12-26-19-43-33-30(42-8)23(5)16-29(35(40)44-28)37(26,33)41/h10-13,16,20,22,24-25,27-33,38,41H,9,14-15,17-19H2,1-8H3/b11-10+,21-13+,26-12+/t20-,22?,24+,25+,27+,28-,29-,30+,31?,32?,33+,36+,37+/m0/s1. The van der Waals surface area contributed by atoms with Gasteiger partial charge in [0.05, 0.1) is 24.7 Å². The number of aliphatic hydroxyl groups excluding tert-OH is 1. The summed E-state index contributed by atoms with van der Waals surface area (Å²) in [6.07, 6.45) is 6.91.